The largest absolute Gasteiger partial charge is 0.351 e. The van der Waals surface area contributed by atoms with E-state index in [0.29, 0.717) is 5.82 Å². The number of benzene rings is 1. The van der Waals surface area contributed by atoms with E-state index in [1.165, 1.54) is 6.92 Å². The van der Waals surface area contributed by atoms with Crippen molar-refractivity contribution in [2.45, 2.75) is 23.6 Å². The summed E-state index contributed by atoms with van der Waals surface area (Å²) in [6, 6.07) is 7.93. The zero-order valence-corrected chi connectivity index (χ0v) is 15.2. The highest BCUT2D eigenvalue weighted by Gasteiger charge is 2.29. The van der Waals surface area contributed by atoms with E-state index in [0.717, 1.165) is 29.8 Å². The Morgan fingerprint density at radius 2 is 1.96 bits per heavy atom. The first-order valence-electron chi connectivity index (χ1n) is 8.08. The summed E-state index contributed by atoms with van der Waals surface area (Å²) < 4.78 is 39.6. The van der Waals surface area contributed by atoms with Gasteiger partial charge in [-0.25, -0.2) is 22.8 Å². The summed E-state index contributed by atoms with van der Waals surface area (Å²) in [4.78, 5) is 20.4. The maximum absolute atomic E-state index is 13.0. The Labute approximate surface area is 155 Å². The molecule has 1 aromatic carbocycles. The van der Waals surface area contributed by atoms with Crippen molar-refractivity contribution in [2.75, 3.05) is 0 Å². The van der Waals surface area contributed by atoms with Crippen molar-refractivity contribution in [3.05, 3.63) is 72.7 Å². The lowest BCUT2D eigenvalue weighted by Crippen LogP contribution is -2.37. The highest BCUT2D eigenvalue weighted by atomic mass is 32.2. The molecule has 0 bridgehead atoms. The molecule has 140 valence electrons. The summed E-state index contributed by atoms with van der Waals surface area (Å²) in [7, 11) is -3.90. The molecule has 0 radical (unpaired) electrons. The maximum Gasteiger partial charge on any atom is 0.238 e. The molecule has 1 N–H and O–H groups in total. The van der Waals surface area contributed by atoms with E-state index in [4.69, 9.17) is 0 Å². The van der Waals surface area contributed by atoms with E-state index < -0.39 is 26.8 Å². The third-order valence-electron chi connectivity index (χ3n) is 4.02. The Morgan fingerprint density at radius 3 is 2.56 bits per heavy atom. The van der Waals surface area contributed by atoms with Gasteiger partial charge in [-0.05, 0) is 42.8 Å². The first-order valence-corrected chi connectivity index (χ1v) is 9.63. The second kappa shape index (κ2) is 7.67. The zero-order valence-electron chi connectivity index (χ0n) is 14.4. The van der Waals surface area contributed by atoms with Gasteiger partial charge in [0.15, 0.2) is 9.84 Å². The summed E-state index contributed by atoms with van der Waals surface area (Å²) in [5.41, 5.74) is 0.721. The molecule has 0 saturated heterocycles. The number of hydrogen-bond acceptors (Lipinski definition) is 5. The molecule has 7 nitrogen and oxygen atoms in total. The van der Waals surface area contributed by atoms with Crippen LogP contribution in [-0.4, -0.2) is 34.1 Å². The lowest BCUT2D eigenvalue weighted by molar-refractivity contribution is -0.120. The van der Waals surface area contributed by atoms with Crippen LogP contribution < -0.4 is 5.32 Å². The van der Waals surface area contributed by atoms with Gasteiger partial charge in [0.25, 0.3) is 0 Å². The van der Waals surface area contributed by atoms with Crippen LogP contribution in [0.1, 0.15) is 12.5 Å². The summed E-state index contributed by atoms with van der Waals surface area (Å²) in [5, 5.41) is 1.28. The molecule has 2 aromatic heterocycles. The molecule has 1 unspecified atom stereocenters. The predicted molar refractivity (Wildman–Crippen MR) is 96.3 cm³/mol. The van der Waals surface area contributed by atoms with Gasteiger partial charge in [0, 0.05) is 25.1 Å². The monoisotopic (exact) mass is 388 g/mol. The number of rotatable bonds is 6. The highest BCUT2D eigenvalue weighted by Crippen LogP contribution is 2.17. The Kier molecular flexibility index (Phi) is 5.31. The Balaban J connectivity index is 1.63. The van der Waals surface area contributed by atoms with Crippen LogP contribution in [0.5, 0.6) is 0 Å². The molecule has 0 saturated carbocycles. The van der Waals surface area contributed by atoms with E-state index >= 15 is 0 Å². The molecule has 9 heteroatoms. The van der Waals surface area contributed by atoms with Crippen molar-refractivity contribution in [3.63, 3.8) is 0 Å². The molecular weight excluding hydrogens is 371 g/mol. The number of nitrogens with zero attached hydrogens (tertiary/aromatic N) is 3. The predicted octanol–water partition coefficient (Wildman–Crippen LogP) is 1.89. The van der Waals surface area contributed by atoms with E-state index in [2.05, 4.69) is 15.3 Å². The summed E-state index contributed by atoms with van der Waals surface area (Å²) >= 11 is 0. The SMILES string of the molecule is CC(C(=O)NCc1ccc(-n2ccnc2)nc1)S(=O)(=O)c1ccc(F)cc1. The number of pyridine rings is 1. The average Bonchev–Trinajstić information content (AvgIpc) is 3.21. The van der Waals surface area contributed by atoms with E-state index in [-0.39, 0.29) is 11.4 Å². The Hall–Kier alpha value is -3.07. The third-order valence-corrected chi connectivity index (χ3v) is 6.10. The highest BCUT2D eigenvalue weighted by molar-refractivity contribution is 7.92. The number of carbonyl (C=O) groups excluding carboxylic acids is 1. The topological polar surface area (TPSA) is 93.9 Å². The minimum Gasteiger partial charge on any atom is -0.351 e. The molecular formula is C18H17FN4O3S. The first kappa shape index (κ1) is 18.7. The number of aromatic nitrogens is 3. The standard InChI is InChI=1S/C18H17FN4O3S/c1-13(27(25,26)16-5-3-15(19)4-6-16)18(24)22-11-14-2-7-17(21-10-14)23-9-8-20-12-23/h2-10,12-13H,11H2,1H3,(H,22,24). The first-order chi connectivity index (χ1) is 12.9. The fourth-order valence-corrected chi connectivity index (χ4v) is 3.66. The Bertz CT molecular complexity index is 1020. The van der Waals surface area contributed by atoms with Crippen LogP contribution in [0.25, 0.3) is 5.82 Å². The molecule has 3 rings (SSSR count). The van der Waals surface area contributed by atoms with Crippen molar-refractivity contribution in [3.8, 4) is 5.82 Å². The van der Waals surface area contributed by atoms with Crippen molar-refractivity contribution < 1.29 is 17.6 Å². The van der Waals surface area contributed by atoms with Crippen LogP contribution in [0.4, 0.5) is 4.39 Å². The average molecular weight is 388 g/mol. The lowest BCUT2D eigenvalue weighted by atomic mass is 10.2. The third kappa shape index (κ3) is 4.20. The number of halogens is 1. The molecule has 3 aromatic rings. The molecule has 0 aliphatic rings. The molecule has 1 amide bonds. The van der Waals surface area contributed by atoms with Gasteiger partial charge in [-0.2, -0.15) is 0 Å². The smallest absolute Gasteiger partial charge is 0.238 e. The number of carbonyl (C=O) groups is 1. The van der Waals surface area contributed by atoms with Crippen LogP contribution in [0.3, 0.4) is 0 Å². The number of amides is 1. The minimum absolute atomic E-state index is 0.0992. The van der Waals surface area contributed by atoms with Gasteiger partial charge >= 0.3 is 0 Å². The van der Waals surface area contributed by atoms with Crippen LogP contribution >= 0.6 is 0 Å². The summed E-state index contributed by atoms with van der Waals surface area (Å²) in [5.74, 6) is -0.509. The summed E-state index contributed by atoms with van der Waals surface area (Å²) in [6.07, 6.45) is 6.60. The maximum atomic E-state index is 13.0. The van der Waals surface area contributed by atoms with Gasteiger partial charge in [0.05, 0.1) is 4.90 Å². The molecule has 1 atom stereocenters. The van der Waals surface area contributed by atoms with Crippen molar-refractivity contribution >= 4 is 15.7 Å². The van der Waals surface area contributed by atoms with Crippen LogP contribution in [0.15, 0.2) is 66.2 Å². The lowest BCUT2D eigenvalue weighted by Gasteiger charge is -2.13. The minimum atomic E-state index is -3.90. The molecule has 2 heterocycles. The quantitative estimate of drug-likeness (QED) is 0.651. The van der Waals surface area contributed by atoms with Gasteiger partial charge in [-0.1, -0.05) is 6.07 Å². The molecule has 0 fully saturated rings. The fraction of sp³-hybridized carbons (Fsp3) is 0.167. The second-order valence-electron chi connectivity index (χ2n) is 5.85. The van der Waals surface area contributed by atoms with E-state index in [9.17, 15) is 17.6 Å². The van der Waals surface area contributed by atoms with Crippen LogP contribution in [-0.2, 0) is 21.2 Å². The number of imidazole rings is 1. The van der Waals surface area contributed by atoms with Gasteiger partial charge in [0.2, 0.25) is 5.91 Å². The molecule has 0 aliphatic heterocycles. The van der Waals surface area contributed by atoms with Crippen LogP contribution in [0, 0.1) is 5.82 Å². The van der Waals surface area contributed by atoms with Gasteiger partial charge in [0.1, 0.15) is 23.2 Å². The molecule has 0 aliphatic carbocycles. The zero-order chi connectivity index (χ0) is 19.4. The van der Waals surface area contributed by atoms with Gasteiger partial charge < -0.3 is 5.32 Å². The van der Waals surface area contributed by atoms with E-state index in [1.807, 2.05) is 0 Å². The van der Waals surface area contributed by atoms with Crippen molar-refractivity contribution in [1.29, 1.82) is 0 Å². The van der Waals surface area contributed by atoms with Crippen molar-refractivity contribution in [1.82, 2.24) is 19.9 Å². The normalized spacial score (nSPS) is 12.5. The van der Waals surface area contributed by atoms with Gasteiger partial charge in [-0.3, -0.25) is 9.36 Å². The second-order valence-corrected chi connectivity index (χ2v) is 8.12. The fourth-order valence-electron chi connectivity index (χ4n) is 2.37. The molecule has 27 heavy (non-hydrogen) atoms. The molecule has 0 spiro atoms. The Morgan fingerprint density at radius 1 is 1.22 bits per heavy atom. The number of nitrogens with one attached hydrogen (secondary N) is 1. The summed E-state index contributed by atoms with van der Waals surface area (Å²) in [6.45, 7) is 1.44. The van der Waals surface area contributed by atoms with Crippen molar-refractivity contribution in [2.24, 2.45) is 0 Å². The van der Waals surface area contributed by atoms with E-state index in [1.54, 1.807) is 41.6 Å². The number of hydrogen-bond donors (Lipinski definition) is 1. The number of sulfone groups is 1. The van der Waals surface area contributed by atoms with Crippen LogP contribution in [0.2, 0.25) is 0 Å². The van der Waals surface area contributed by atoms with Gasteiger partial charge in [-0.15, -0.1) is 0 Å².